The first-order valence-corrected chi connectivity index (χ1v) is 9.75. The zero-order chi connectivity index (χ0) is 20.7. The van der Waals surface area contributed by atoms with Crippen LogP contribution in [0.2, 0.25) is 5.15 Å². The van der Waals surface area contributed by atoms with E-state index in [0.29, 0.717) is 6.04 Å². The van der Waals surface area contributed by atoms with E-state index in [4.69, 9.17) is 28.8 Å². The number of rotatable bonds is 7. The third-order valence-electron chi connectivity index (χ3n) is 4.60. The van der Waals surface area contributed by atoms with Crippen LogP contribution in [0.15, 0.2) is 4.99 Å². The molecule has 1 aliphatic rings. The van der Waals surface area contributed by atoms with Gasteiger partial charge in [0.15, 0.2) is 28.4 Å². The first kappa shape index (κ1) is 22.1. The Labute approximate surface area is 170 Å². The van der Waals surface area contributed by atoms with E-state index in [1.54, 1.807) is 0 Å². The number of aliphatic imine (C=N–C) groups is 1. The van der Waals surface area contributed by atoms with Crippen molar-refractivity contribution in [2.24, 2.45) is 10.7 Å². The Hall–Kier alpha value is -2.17. The highest BCUT2D eigenvalue weighted by Gasteiger charge is 2.21. The van der Waals surface area contributed by atoms with Gasteiger partial charge in [0, 0.05) is 6.04 Å². The third-order valence-corrected chi connectivity index (χ3v) is 4.87. The second-order valence-electron chi connectivity index (χ2n) is 7.22. The van der Waals surface area contributed by atoms with Crippen LogP contribution in [0.25, 0.3) is 0 Å². The summed E-state index contributed by atoms with van der Waals surface area (Å²) in [7, 11) is 4.16. The van der Waals surface area contributed by atoms with Crippen LogP contribution in [0, 0.1) is 0 Å². The van der Waals surface area contributed by atoms with Crippen molar-refractivity contribution >= 4 is 35.1 Å². The zero-order valence-corrected chi connectivity index (χ0v) is 17.2. The average Bonchev–Trinajstić information content (AvgIpc) is 2.62. The Morgan fingerprint density at radius 3 is 2.54 bits per heavy atom. The second-order valence-corrected chi connectivity index (χ2v) is 7.58. The van der Waals surface area contributed by atoms with Gasteiger partial charge in [-0.15, -0.1) is 0 Å². The lowest BCUT2D eigenvalue weighted by Gasteiger charge is -2.27. The van der Waals surface area contributed by atoms with Crippen molar-refractivity contribution in [1.82, 2.24) is 25.5 Å². The molecule has 0 spiro atoms. The third kappa shape index (κ3) is 6.77. The summed E-state index contributed by atoms with van der Waals surface area (Å²) >= 11 is 5.79. The molecule has 1 fully saturated rings. The minimum Gasteiger partial charge on any atom is -0.382 e. The van der Waals surface area contributed by atoms with Crippen LogP contribution in [0.4, 0.5) is 11.6 Å². The molecular weight excluding hydrogens is 382 g/mol. The highest BCUT2D eigenvalue weighted by molar-refractivity contribution is 6.31. The molecule has 1 aromatic heterocycles. The van der Waals surface area contributed by atoms with Crippen molar-refractivity contribution < 1.29 is 4.79 Å². The topological polar surface area (TPSA) is 161 Å². The van der Waals surface area contributed by atoms with Gasteiger partial charge >= 0.3 is 0 Å². The number of carbonyl (C=O) groups excluding carboxylic acids is 1. The fourth-order valence-corrected chi connectivity index (χ4v) is 3.25. The predicted molar refractivity (Wildman–Crippen MR) is 112 cm³/mol. The molecule has 1 saturated carbocycles. The number of nitrogens with zero attached hydrogens (tertiary/aromatic N) is 4. The van der Waals surface area contributed by atoms with Gasteiger partial charge < -0.3 is 27.4 Å². The van der Waals surface area contributed by atoms with Gasteiger partial charge in [-0.25, -0.2) is 15.0 Å². The number of guanidine groups is 1. The van der Waals surface area contributed by atoms with Crippen molar-refractivity contribution in [2.45, 2.75) is 44.2 Å². The van der Waals surface area contributed by atoms with E-state index in [1.165, 1.54) is 0 Å². The molecule has 0 radical (unpaired) electrons. The fraction of sp³-hybridized carbons (Fsp3) is 0.647. The van der Waals surface area contributed by atoms with Crippen LogP contribution >= 0.6 is 11.6 Å². The molecule has 11 heteroatoms. The van der Waals surface area contributed by atoms with E-state index in [9.17, 15) is 4.79 Å². The largest absolute Gasteiger partial charge is 0.382 e. The first-order valence-electron chi connectivity index (χ1n) is 9.37. The number of carbonyl (C=O) groups is 1. The fourth-order valence-electron chi connectivity index (χ4n) is 3.12. The van der Waals surface area contributed by atoms with Crippen LogP contribution in [0.3, 0.4) is 0 Å². The van der Waals surface area contributed by atoms with Crippen LogP contribution in [-0.2, 0) is 0 Å². The maximum atomic E-state index is 12.3. The van der Waals surface area contributed by atoms with Crippen molar-refractivity contribution in [3.05, 3.63) is 10.8 Å². The van der Waals surface area contributed by atoms with E-state index in [1.807, 2.05) is 0 Å². The van der Waals surface area contributed by atoms with Crippen LogP contribution in [-0.4, -0.2) is 66.0 Å². The van der Waals surface area contributed by atoms with Crippen molar-refractivity contribution in [3.63, 3.8) is 0 Å². The summed E-state index contributed by atoms with van der Waals surface area (Å²) in [6.45, 7) is 2.10. The first-order chi connectivity index (χ1) is 13.3. The Balaban J connectivity index is 1.80. The molecule has 0 aromatic carbocycles. The molecule has 0 bridgehead atoms. The highest BCUT2D eigenvalue weighted by atomic mass is 35.5. The van der Waals surface area contributed by atoms with E-state index < -0.39 is 5.91 Å². The molecule has 0 saturated heterocycles. The number of hydrogen-bond acceptors (Lipinski definition) is 8. The number of nitrogen functional groups attached to an aromatic ring is 2. The summed E-state index contributed by atoms with van der Waals surface area (Å²) in [5.41, 5.74) is 16.9. The zero-order valence-electron chi connectivity index (χ0n) is 16.4. The molecule has 28 heavy (non-hydrogen) atoms. The Morgan fingerprint density at radius 1 is 1.21 bits per heavy atom. The maximum Gasteiger partial charge on any atom is 0.280 e. The molecular formula is C17H30ClN9O. The molecule has 0 atom stereocenters. The maximum absolute atomic E-state index is 12.3. The summed E-state index contributed by atoms with van der Waals surface area (Å²) in [5, 5.41) is 5.98. The van der Waals surface area contributed by atoms with Gasteiger partial charge in [0.1, 0.15) is 0 Å². The van der Waals surface area contributed by atoms with Gasteiger partial charge in [-0.3, -0.25) is 10.1 Å². The van der Waals surface area contributed by atoms with E-state index >= 15 is 0 Å². The van der Waals surface area contributed by atoms with Crippen molar-refractivity contribution in [2.75, 3.05) is 38.7 Å². The van der Waals surface area contributed by atoms with Gasteiger partial charge in [-0.1, -0.05) is 11.6 Å². The Bertz CT molecular complexity index is 702. The SMILES string of the molecule is CN(C)CCCNC1CCC(N=C(N)NC(=O)c2nc(Cl)c(N)nc2N)CC1. The molecule has 10 nitrogen and oxygen atoms in total. The minimum atomic E-state index is -0.621. The molecule has 0 aliphatic heterocycles. The number of aromatic nitrogens is 2. The van der Waals surface area contributed by atoms with Gasteiger partial charge in [0.2, 0.25) is 0 Å². The summed E-state index contributed by atoms with van der Waals surface area (Å²) < 4.78 is 0. The summed E-state index contributed by atoms with van der Waals surface area (Å²) in [6.07, 6.45) is 5.02. The quantitative estimate of drug-likeness (QED) is 0.241. The van der Waals surface area contributed by atoms with Crippen molar-refractivity contribution in [3.8, 4) is 0 Å². The average molecular weight is 412 g/mol. The van der Waals surface area contributed by atoms with Gasteiger partial charge in [0.05, 0.1) is 6.04 Å². The molecule has 0 unspecified atom stereocenters. The number of hydrogen-bond donors (Lipinski definition) is 5. The number of anilines is 2. The highest BCUT2D eigenvalue weighted by Crippen LogP contribution is 2.21. The number of nitrogens with two attached hydrogens (primary N) is 3. The van der Waals surface area contributed by atoms with Gasteiger partial charge in [-0.2, -0.15) is 0 Å². The molecule has 1 heterocycles. The lowest BCUT2D eigenvalue weighted by Crippen LogP contribution is -2.40. The van der Waals surface area contributed by atoms with E-state index in [0.717, 1.165) is 45.2 Å². The summed E-state index contributed by atoms with van der Waals surface area (Å²) in [5.74, 6) is -0.747. The van der Waals surface area contributed by atoms with Gasteiger partial charge in [0.25, 0.3) is 5.91 Å². The molecule has 8 N–H and O–H groups in total. The second kappa shape index (κ2) is 10.4. The number of amides is 1. The van der Waals surface area contributed by atoms with Crippen LogP contribution < -0.4 is 27.8 Å². The van der Waals surface area contributed by atoms with Crippen LogP contribution in [0.1, 0.15) is 42.6 Å². The lowest BCUT2D eigenvalue weighted by atomic mass is 9.91. The van der Waals surface area contributed by atoms with Gasteiger partial charge in [-0.05, 0) is 59.3 Å². The predicted octanol–water partition coefficient (Wildman–Crippen LogP) is 0.191. The Morgan fingerprint density at radius 2 is 1.89 bits per heavy atom. The molecule has 156 valence electrons. The lowest BCUT2D eigenvalue weighted by molar-refractivity contribution is 0.0972. The minimum absolute atomic E-state index is 0.0292. The Kier molecular flexibility index (Phi) is 8.21. The molecule has 2 rings (SSSR count). The standard InChI is InChI=1S/C17H30ClN9O/c1-27(2)9-3-8-22-10-4-6-11(7-5-10)23-17(21)26-16(28)12-14(19)25-15(20)13(18)24-12/h10-11,22H,3-9H2,1-2H3,(H4,19,20,25)(H3,21,23,26,28). The monoisotopic (exact) mass is 411 g/mol. The summed E-state index contributed by atoms with van der Waals surface area (Å²) in [6, 6.07) is 0.593. The summed E-state index contributed by atoms with van der Waals surface area (Å²) in [4.78, 5) is 26.5. The number of nitrogens with one attached hydrogen (secondary N) is 2. The van der Waals surface area contributed by atoms with Crippen LogP contribution in [0.5, 0.6) is 0 Å². The number of halogens is 1. The van der Waals surface area contributed by atoms with E-state index in [2.05, 4.69) is 44.6 Å². The molecule has 1 aliphatic carbocycles. The smallest absolute Gasteiger partial charge is 0.280 e. The molecule has 1 amide bonds. The normalized spacial score (nSPS) is 20.4. The molecule has 1 aromatic rings. The van der Waals surface area contributed by atoms with Crippen molar-refractivity contribution in [1.29, 1.82) is 0 Å². The van der Waals surface area contributed by atoms with E-state index in [-0.39, 0.29) is 34.5 Å².